The molecular formula is C16H14ClFN2O3. The summed E-state index contributed by atoms with van der Waals surface area (Å²) in [5, 5.41) is 12.6. The summed E-state index contributed by atoms with van der Waals surface area (Å²) in [6, 6.07) is 9.64. The Morgan fingerprint density at radius 3 is 2.61 bits per heavy atom. The lowest BCUT2D eigenvalue weighted by atomic mass is 10.1. The van der Waals surface area contributed by atoms with Crippen LogP contribution in [0.4, 0.5) is 10.1 Å². The number of nitrogens with two attached hydrogens (primary N) is 1. The summed E-state index contributed by atoms with van der Waals surface area (Å²) in [5.74, 6) is -1.64. The fourth-order valence-electron chi connectivity index (χ4n) is 2.01. The quantitative estimate of drug-likeness (QED) is 0.783. The van der Waals surface area contributed by atoms with Crippen molar-refractivity contribution in [1.29, 1.82) is 0 Å². The number of amides is 2. The Hall–Kier alpha value is -2.44. The van der Waals surface area contributed by atoms with E-state index in [1.54, 1.807) is 0 Å². The Kier molecular flexibility index (Phi) is 5.31. The van der Waals surface area contributed by atoms with Gasteiger partial charge < -0.3 is 16.2 Å². The lowest BCUT2D eigenvalue weighted by molar-refractivity contribution is -0.118. The summed E-state index contributed by atoms with van der Waals surface area (Å²) >= 11 is 5.88. The number of nitrogens with one attached hydrogen (secondary N) is 1. The van der Waals surface area contributed by atoms with E-state index in [4.69, 9.17) is 17.3 Å². The number of anilines is 1. The fourth-order valence-corrected chi connectivity index (χ4v) is 2.29. The zero-order valence-electron chi connectivity index (χ0n) is 11.9. The van der Waals surface area contributed by atoms with Gasteiger partial charge in [0.2, 0.25) is 11.8 Å². The first-order chi connectivity index (χ1) is 10.9. The molecule has 4 N–H and O–H groups in total. The van der Waals surface area contributed by atoms with E-state index in [1.165, 1.54) is 36.4 Å². The number of hydrogen-bond donors (Lipinski definition) is 3. The van der Waals surface area contributed by atoms with Crippen LogP contribution in [0.3, 0.4) is 0 Å². The summed E-state index contributed by atoms with van der Waals surface area (Å²) in [4.78, 5) is 23.0. The SMILES string of the molecule is NC(=O)c1ccc(NC(=O)CC(O)c2cccc(F)c2)cc1Cl. The number of aliphatic hydroxyl groups excluding tert-OH is 1. The van der Waals surface area contributed by atoms with Crippen molar-refractivity contribution >= 4 is 29.1 Å². The zero-order chi connectivity index (χ0) is 17.0. The first-order valence-electron chi connectivity index (χ1n) is 6.69. The van der Waals surface area contributed by atoms with Gasteiger partial charge in [0.05, 0.1) is 23.1 Å². The van der Waals surface area contributed by atoms with Gasteiger partial charge in [-0.3, -0.25) is 9.59 Å². The van der Waals surface area contributed by atoms with Gasteiger partial charge in [-0.2, -0.15) is 0 Å². The highest BCUT2D eigenvalue weighted by Crippen LogP contribution is 2.22. The van der Waals surface area contributed by atoms with E-state index in [9.17, 15) is 19.1 Å². The van der Waals surface area contributed by atoms with E-state index in [-0.39, 0.29) is 17.0 Å². The summed E-state index contributed by atoms with van der Waals surface area (Å²) in [6.07, 6.45) is -1.38. The van der Waals surface area contributed by atoms with Crippen LogP contribution in [-0.4, -0.2) is 16.9 Å². The van der Waals surface area contributed by atoms with E-state index < -0.39 is 23.7 Å². The van der Waals surface area contributed by atoms with Gasteiger partial charge in [-0.25, -0.2) is 4.39 Å². The van der Waals surface area contributed by atoms with Crippen LogP contribution in [0.2, 0.25) is 5.02 Å². The molecule has 0 aromatic heterocycles. The molecule has 1 atom stereocenters. The van der Waals surface area contributed by atoms with E-state index >= 15 is 0 Å². The minimum Gasteiger partial charge on any atom is -0.388 e. The number of halogens is 2. The average Bonchev–Trinajstić information content (AvgIpc) is 2.46. The van der Waals surface area contributed by atoms with Crippen LogP contribution in [0.5, 0.6) is 0 Å². The number of benzene rings is 2. The minimum absolute atomic E-state index is 0.112. The van der Waals surface area contributed by atoms with E-state index in [0.717, 1.165) is 6.07 Å². The smallest absolute Gasteiger partial charge is 0.250 e. The fraction of sp³-hybridized carbons (Fsp3) is 0.125. The lowest BCUT2D eigenvalue weighted by Crippen LogP contribution is -2.16. The van der Waals surface area contributed by atoms with Gasteiger partial charge in [0.1, 0.15) is 5.82 Å². The maximum absolute atomic E-state index is 13.1. The van der Waals surface area contributed by atoms with Crippen molar-refractivity contribution in [2.45, 2.75) is 12.5 Å². The molecule has 0 saturated carbocycles. The molecule has 0 spiro atoms. The second-order valence-corrected chi connectivity index (χ2v) is 5.29. The van der Waals surface area contributed by atoms with Gasteiger partial charge >= 0.3 is 0 Å². The van der Waals surface area contributed by atoms with Crippen LogP contribution in [-0.2, 0) is 4.79 Å². The molecule has 0 bridgehead atoms. The second-order valence-electron chi connectivity index (χ2n) is 4.88. The number of aliphatic hydroxyl groups is 1. The topological polar surface area (TPSA) is 92.4 Å². The Morgan fingerprint density at radius 1 is 1.26 bits per heavy atom. The molecule has 0 aliphatic heterocycles. The monoisotopic (exact) mass is 336 g/mol. The third kappa shape index (κ3) is 4.51. The summed E-state index contributed by atoms with van der Waals surface area (Å²) in [6.45, 7) is 0. The first-order valence-corrected chi connectivity index (χ1v) is 7.07. The van der Waals surface area contributed by atoms with Gasteiger partial charge in [-0.15, -0.1) is 0 Å². The van der Waals surface area contributed by atoms with Crippen molar-refractivity contribution < 1.29 is 19.1 Å². The highest BCUT2D eigenvalue weighted by molar-refractivity contribution is 6.34. The van der Waals surface area contributed by atoms with Gasteiger partial charge in [-0.05, 0) is 35.9 Å². The van der Waals surface area contributed by atoms with Crippen molar-refractivity contribution in [3.05, 3.63) is 64.4 Å². The molecule has 0 saturated heterocycles. The predicted molar refractivity (Wildman–Crippen MR) is 84.6 cm³/mol. The zero-order valence-corrected chi connectivity index (χ0v) is 12.7. The van der Waals surface area contributed by atoms with E-state index in [1.807, 2.05) is 0 Å². The van der Waals surface area contributed by atoms with Crippen LogP contribution < -0.4 is 11.1 Å². The summed E-state index contributed by atoms with van der Waals surface area (Å²) < 4.78 is 13.1. The van der Waals surface area contributed by atoms with Crippen molar-refractivity contribution in [3.8, 4) is 0 Å². The van der Waals surface area contributed by atoms with Crippen LogP contribution in [0, 0.1) is 5.82 Å². The molecule has 5 nitrogen and oxygen atoms in total. The third-order valence-electron chi connectivity index (χ3n) is 3.13. The van der Waals surface area contributed by atoms with Gasteiger partial charge in [0, 0.05) is 5.69 Å². The molecule has 0 radical (unpaired) electrons. The Bertz CT molecular complexity index is 752. The minimum atomic E-state index is -1.13. The Balaban J connectivity index is 2.02. The Morgan fingerprint density at radius 2 is 2.00 bits per heavy atom. The molecule has 7 heteroatoms. The highest BCUT2D eigenvalue weighted by atomic mass is 35.5. The molecule has 2 amide bonds. The van der Waals surface area contributed by atoms with Crippen LogP contribution in [0.15, 0.2) is 42.5 Å². The standard InChI is InChI=1S/C16H14ClFN2O3/c17-13-7-11(4-5-12(13)16(19)23)20-15(22)8-14(21)9-2-1-3-10(18)6-9/h1-7,14,21H,8H2,(H2,19,23)(H,20,22). The van der Waals surface area contributed by atoms with Crippen molar-refractivity contribution in [2.75, 3.05) is 5.32 Å². The van der Waals surface area contributed by atoms with Crippen LogP contribution >= 0.6 is 11.6 Å². The second kappa shape index (κ2) is 7.21. The number of carbonyl (C=O) groups excluding carboxylic acids is 2. The highest BCUT2D eigenvalue weighted by Gasteiger charge is 2.15. The molecule has 2 aromatic rings. The van der Waals surface area contributed by atoms with Gasteiger partial charge in [-0.1, -0.05) is 23.7 Å². The summed E-state index contributed by atoms with van der Waals surface area (Å²) in [7, 11) is 0. The number of primary amides is 1. The van der Waals surface area contributed by atoms with Crippen molar-refractivity contribution in [2.24, 2.45) is 5.73 Å². The Labute approximate surface area is 136 Å². The molecule has 120 valence electrons. The molecule has 0 aliphatic carbocycles. The molecular weight excluding hydrogens is 323 g/mol. The molecule has 23 heavy (non-hydrogen) atoms. The molecule has 0 aliphatic rings. The van der Waals surface area contributed by atoms with Crippen molar-refractivity contribution in [1.82, 2.24) is 0 Å². The number of hydrogen-bond acceptors (Lipinski definition) is 3. The molecule has 2 aromatic carbocycles. The molecule has 2 rings (SSSR count). The third-order valence-corrected chi connectivity index (χ3v) is 3.44. The molecule has 1 unspecified atom stereocenters. The number of carbonyl (C=O) groups is 2. The normalized spacial score (nSPS) is 11.8. The largest absolute Gasteiger partial charge is 0.388 e. The van der Waals surface area contributed by atoms with E-state index in [2.05, 4.69) is 5.32 Å². The van der Waals surface area contributed by atoms with Crippen LogP contribution in [0.25, 0.3) is 0 Å². The maximum atomic E-state index is 13.1. The summed E-state index contributed by atoms with van der Waals surface area (Å²) in [5.41, 5.74) is 5.94. The van der Waals surface area contributed by atoms with Gasteiger partial charge in [0.25, 0.3) is 0 Å². The first kappa shape index (κ1) is 16.9. The maximum Gasteiger partial charge on any atom is 0.250 e. The molecule has 0 heterocycles. The van der Waals surface area contributed by atoms with Crippen LogP contribution in [0.1, 0.15) is 28.4 Å². The van der Waals surface area contributed by atoms with E-state index in [0.29, 0.717) is 11.3 Å². The van der Waals surface area contributed by atoms with Gasteiger partial charge in [0.15, 0.2) is 0 Å². The number of rotatable bonds is 5. The average molecular weight is 337 g/mol. The molecule has 0 fully saturated rings. The predicted octanol–water partition coefficient (Wildman–Crippen LogP) is 2.64. The lowest BCUT2D eigenvalue weighted by Gasteiger charge is -2.12. The van der Waals surface area contributed by atoms with Crippen molar-refractivity contribution in [3.63, 3.8) is 0 Å².